The number of benzene rings is 5. The van der Waals surface area contributed by atoms with Gasteiger partial charge in [-0.25, -0.2) is 0 Å². The molecule has 47 heavy (non-hydrogen) atoms. The number of carbonyl (C=O) groups is 2. The molecule has 6 rings (SSSR count). The third kappa shape index (κ3) is 7.59. The molecule has 0 unspecified atom stereocenters. The summed E-state index contributed by atoms with van der Waals surface area (Å²) in [6, 6.07) is 37.9. The molecule has 0 atom stereocenters. The van der Waals surface area contributed by atoms with Crippen molar-refractivity contribution in [1.82, 2.24) is 10.3 Å². The Morgan fingerprint density at radius 3 is 2.17 bits per heavy atom. The first-order chi connectivity index (χ1) is 23.0. The molecule has 0 radical (unpaired) electrons. The minimum absolute atomic E-state index is 0.00689. The fourth-order valence-corrected chi connectivity index (χ4v) is 5.72. The quantitative estimate of drug-likeness (QED) is 0.152. The van der Waals surface area contributed by atoms with Crippen molar-refractivity contribution in [2.24, 2.45) is 0 Å². The van der Waals surface area contributed by atoms with Crippen molar-refractivity contribution in [2.75, 3.05) is 25.7 Å². The van der Waals surface area contributed by atoms with Gasteiger partial charge in [0.05, 0.1) is 31.8 Å². The summed E-state index contributed by atoms with van der Waals surface area (Å²) in [5, 5.41) is 6.23. The average Bonchev–Trinajstić information content (AvgIpc) is 3.12. The van der Waals surface area contributed by atoms with Crippen LogP contribution in [0.2, 0.25) is 0 Å². The van der Waals surface area contributed by atoms with Crippen LogP contribution >= 0.6 is 0 Å². The van der Waals surface area contributed by atoms with Crippen LogP contribution in [0.3, 0.4) is 0 Å². The highest BCUT2D eigenvalue weighted by molar-refractivity contribution is 6.07. The van der Waals surface area contributed by atoms with E-state index in [1.807, 2.05) is 84.9 Å². The van der Waals surface area contributed by atoms with Gasteiger partial charge in [-0.15, -0.1) is 0 Å². The monoisotopic (exact) mass is 623 g/mol. The summed E-state index contributed by atoms with van der Waals surface area (Å²) >= 11 is 0. The summed E-state index contributed by atoms with van der Waals surface area (Å²) in [7, 11) is 3.20. The summed E-state index contributed by atoms with van der Waals surface area (Å²) in [4.78, 5) is 32.9. The standard InChI is InChI=1S/C40H37N3O4/c1-46-37-19-14-29(24-38(37)47-2)15-20-39(44)41-22-21-28-12-17-35(18-13-28)43(27-30-11-16-31-7-3-4-8-32(31)23-30)40(45)34-25-33-9-5-6-10-36(33)42-26-34/h3-14,16-19,23-26H,15,20-22,27H2,1-2H3,(H,41,44). The Hall–Kier alpha value is -5.69. The fraction of sp³-hybridized carbons (Fsp3) is 0.175. The van der Waals surface area contributed by atoms with E-state index in [1.54, 1.807) is 25.3 Å². The van der Waals surface area contributed by atoms with Crippen LogP contribution in [0.5, 0.6) is 11.5 Å². The van der Waals surface area contributed by atoms with Gasteiger partial charge in [0.25, 0.3) is 5.91 Å². The van der Waals surface area contributed by atoms with E-state index in [4.69, 9.17) is 9.47 Å². The van der Waals surface area contributed by atoms with Gasteiger partial charge in [-0.05, 0) is 82.8 Å². The number of anilines is 1. The number of nitrogens with zero attached hydrogens (tertiary/aromatic N) is 2. The molecule has 5 aromatic carbocycles. The number of amides is 2. The number of aromatic nitrogens is 1. The smallest absolute Gasteiger partial charge is 0.260 e. The molecule has 0 aliphatic rings. The highest BCUT2D eigenvalue weighted by Crippen LogP contribution is 2.28. The van der Waals surface area contributed by atoms with E-state index in [0.717, 1.165) is 44.1 Å². The van der Waals surface area contributed by atoms with Crippen molar-refractivity contribution in [2.45, 2.75) is 25.8 Å². The lowest BCUT2D eigenvalue weighted by molar-refractivity contribution is -0.121. The van der Waals surface area contributed by atoms with Crippen LogP contribution < -0.4 is 19.7 Å². The maximum absolute atomic E-state index is 14.0. The number of rotatable bonds is 12. The molecule has 0 aliphatic carbocycles. The Morgan fingerprint density at radius 2 is 1.38 bits per heavy atom. The Kier molecular flexibility index (Phi) is 9.73. The van der Waals surface area contributed by atoms with Crippen LogP contribution in [0.4, 0.5) is 5.69 Å². The second kappa shape index (κ2) is 14.6. The Balaban J connectivity index is 1.13. The largest absolute Gasteiger partial charge is 0.493 e. The molecular weight excluding hydrogens is 586 g/mol. The molecule has 2 amide bonds. The Bertz CT molecular complexity index is 2020. The number of carbonyl (C=O) groups excluding carboxylic acids is 2. The van der Waals surface area contributed by atoms with E-state index < -0.39 is 0 Å². The number of nitrogens with one attached hydrogen (secondary N) is 1. The molecule has 6 aromatic rings. The van der Waals surface area contributed by atoms with Gasteiger partial charge in [0.15, 0.2) is 11.5 Å². The van der Waals surface area contributed by atoms with E-state index in [0.29, 0.717) is 49.4 Å². The number of fused-ring (bicyclic) bond motifs is 2. The van der Waals surface area contributed by atoms with Crippen molar-refractivity contribution >= 4 is 39.2 Å². The van der Waals surface area contributed by atoms with Crippen molar-refractivity contribution in [3.63, 3.8) is 0 Å². The van der Waals surface area contributed by atoms with Gasteiger partial charge in [0, 0.05) is 30.2 Å². The number of hydrogen-bond donors (Lipinski definition) is 1. The number of hydrogen-bond acceptors (Lipinski definition) is 5. The minimum Gasteiger partial charge on any atom is -0.493 e. The normalized spacial score (nSPS) is 10.9. The van der Waals surface area contributed by atoms with Crippen LogP contribution in [-0.2, 0) is 24.2 Å². The second-order valence-electron chi connectivity index (χ2n) is 11.4. The van der Waals surface area contributed by atoms with Gasteiger partial charge in [0.2, 0.25) is 5.91 Å². The third-order valence-corrected chi connectivity index (χ3v) is 8.31. The molecule has 236 valence electrons. The number of pyridine rings is 1. The number of aryl methyl sites for hydroxylation is 1. The van der Waals surface area contributed by atoms with Gasteiger partial charge in [-0.3, -0.25) is 14.6 Å². The van der Waals surface area contributed by atoms with Gasteiger partial charge in [-0.1, -0.05) is 72.8 Å². The molecule has 1 aromatic heterocycles. The molecule has 1 heterocycles. The predicted octanol–water partition coefficient (Wildman–Crippen LogP) is 7.54. The van der Waals surface area contributed by atoms with Crippen molar-refractivity contribution in [3.8, 4) is 11.5 Å². The lowest BCUT2D eigenvalue weighted by Crippen LogP contribution is -2.30. The fourth-order valence-electron chi connectivity index (χ4n) is 5.72. The van der Waals surface area contributed by atoms with E-state index in [1.165, 1.54) is 0 Å². The molecule has 0 spiro atoms. The molecule has 0 aliphatic heterocycles. The lowest BCUT2D eigenvalue weighted by Gasteiger charge is -2.24. The summed E-state index contributed by atoms with van der Waals surface area (Å²) in [6.45, 7) is 0.929. The van der Waals surface area contributed by atoms with Crippen LogP contribution in [0, 0.1) is 0 Å². The SMILES string of the molecule is COc1ccc(CCC(=O)NCCc2ccc(N(Cc3ccc4ccccc4c3)C(=O)c3cnc4ccccc4c3)cc2)cc1OC. The van der Waals surface area contributed by atoms with Crippen molar-refractivity contribution in [3.05, 3.63) is 144 Å². The first kappa shape index (κ1) is 31.3. The average molecular weight is 624 g/mol. The van der Waals surface area contributed by atoms with Crippen molar-refractivity contribution < 1.29 is 19.1 Å². The summed E-state index contributed by atoms with van der Waals surface area (Å²) in [6.07, 6.45) is 3.31. The summed E-state index contributed by atoms with van der Waals surface area (Å²) in [5.74, 6) is 1.19. The lowest BCUT2D eigenvalue weighted by atomic mass is 10.1. The van der Waals surface area contributed by atoms with Crippen molar-refractivity contribution in [1.29, 1.82) is 0 Å². The van der Waals surface area contributed by atoms with E-state index in [2.05, 4.69) is 40.6 Å². The molecule has 0 bridgehead atoms. The second-order valence-corrected chi connectivity index (χ2v) is 11.4. The van der Waals surface area contributed by atoms with Gasteiger partial charge >= 0.3 is 0 Å². The molecular formula is C40H37N3O4. The molecule has 1 N–H and O–H groups in total. The molecule has 0 saturated heterocycles. The predicted molar refractivity (Wildman–Crippen MR) is 187 cm³/mol. The van der Waals surface area contributed by atoms with Crippen LogP contribution in [0.1, 0.15) is 33.5 Å². The van der Waals surface area contributed by atoms with Gasteiger partial charge < -0.3 is 19.7 Å². The van der Waals surface area contributed by atoms with Gasteiger partial charge in [-0.2, -0.15) is 0 Å². The first-order valence-corrected chi connectivity index (χ1v) is 15.7. The Labute approximate surface area is 274 Å². The minimum atomic E-state index is -0.120. The van der Waals surface area contributed by atoms with E-state index in [9.17, 15) is 9.59 Å². The van der Waals surface area contributed by atoms with E-state index in [-0.39, 0.29) is 11.8 Å². The van der Waals surface area contributed by atoms with Crippen LogP contribution in [0.25, 0.3) is 21.7 Å². The third-order valence-electron chi connectivity index (χ3n) is 8.31. The molecule has 7 heteroatoms. The molecule has 0 fully saturated rings. The topological polar surface area (TPSA) is 80.8 Å². The number of methoxy groups -OCH3 is 2. The van der Waals surface area contributed by atoms with E-state index >= 15 is 0 Å². The van der Waals surface area contributed by atoms with Crippen LogP contribution in [-0.4, -0.2) is 37.6 Å². The zero-order valence-electron chi connectivity index (χ0n) is 26.6. The first-order valence-electron chi connectivity index (χ1n) is 15.7. The highest BCUT2D eigenvalue weighted by atomic mass is 16.5. The summed E-state index contributed by atoms with van der Waals surface area (Å²) < 4.78 is 10.7. The molecule has 7 nitrogen and oxygen atoms in total. The maximum Gasteiger partial charge on any atom is 0.260 e. The Morgan fingerprint density at radius 1 is 0.681 bits per heavy atom. The molecule has 0 saturated carbocycles. The zero-order valence-corrected chi connectivity index (χ0v) is 26.6. The number of para-hydroxylation sites is 1. The number of ether oxygens (including phenoxy) is 2. The maximum atomic E-state index is 14.0. The zero-order chi connectivity index (χ0) is 32.6. The summed E-state index contributed by atoms with van der Waals surface area (Å²) in [5.41, 5.74) is 5.28. The highest BCUT2D eigenvalue weighted by Gasteiger charge is 2.20. The van der Waals surface area contributed by atoms with Crippen LogP contribution in [0.15, 0.2) is 121 Å². The van der Waals surface area contributed by atoms with Gasteiger partial charge in [0.1, 0.15) is 0 Å².